The van der Waals surface area contributed by atoms with E-state index in [2.05, 4.69) is 13.8 Å². The molecule has 0 aromatic heterocycles. The van der Waals surface area contributed by atoms with Crippen LogP contribution in [-0.2, 0) is 9.59 Å². The molecule has 30 heavy (non-hydrogen) atoms. The number of aliphatic hydroxyl groups is 4. The summed E-state index contributed by atoms with van der Waals surface area (Å²) in [5.41, 5.74) is -1.11. The summed E-state index contributed by atoms with van der Waals surface area (Å²) in [6, 6.07) is 0. The maximum absolute atomic E-state index is 10.1. The molecule has 0 spiro atoms. The van der Waals surface area contributed by atoms with Gasteiger partial charge in [-0.15, -0.1) is 0 Å². The average molecular weight is 439 g/mol. The van der Waals surface area contributed by atoms with Crippen molar-refractivity contribution in [3.63, 3.8) is 0 Å². The van der Waals surface area contributed by atoms with E-state index in [1.54, 1.807) is 0 Å². The van der Waals surface area contributed by atoms with E-state index in [1.165, 1.54) is 44.9 Å². The lowest BCUT2D eigenvalue weighted by Gasteiger charge is -2.23. The van der Waals surface area contributed by atoms with Gasteiger partial charge in [0.1, 0.15) is 0 Å². The molecular formula is C22H46O8. The van der Waals surface area contributed by atoms with Crippen molar-refractivity contribution in [1.82, 2.24) is 0 Å². The monoisotopic (exact) mass is 438 g/mol. The first kappa shape index (κ1) is 33.4. The third-order valence-corrected chi connectivity index (χ3v) is 4.58. The zero-order chi connectivity index (χ0) is 23.7. The number of hydrogen-bond acceptors (Lipinski definition) is 6. The van der Waals surface area contributed by atoms with Crippen molar-refractivity contribution in [3.05, 3.63) is 0 Å². The topological polar surface area (TPSA) is 156 Å². The maximum Gasteiger partial charge on any atom is 0.303 e. The Morgan fingerprint density at radius 3 is 1.00 bits per heavy atom. The average Bonchev–Trinajstić information content (AvgIpc) is 2.73. The van der Waals surface area contributed by atoms with Gasteiger partial charge in [-0.3, -0.25) is 9.59 Å². The highest BCUT2D eigenvalue weighted by Gasteiger charge is 2.26. The SMILES string of the molecule is CCCCCCCC(=O)O.CCCCCCCCC(=O)O.OCC(CO)(CO)CO. The molecule has 0 saturated carbocycles. The largest absolute Gasteiger partial charge is 0.481 e. The fourth-order valence-corrected chi connectivity index (χ4v) is 2.24. The van der Waals surface area contributed by atoms with E-state index in [0.29, 0.717) is 12.8 Å². The molecule has 6 N–H and O–H groups in total. The Kier molecular flexibility index (Phi) is 28.8. The van der Waals surface area contributed by atoms with E-state index in [1.807, 2.05) is 0 Å². The molecule has 0 saturated heterocycles. The van der Waals surface area contributed by atoms with E-state index in [0.717, 1.165) is 25.7 Å². The second-order valence-corrected chi connectivity index (χ2v) is 7.60. The van der Waals surface area contributed by atoms with E-state index in [4.69, 9.17) is 30.6 Å². The number of aliphatic carboxylic acids is 2. The lowest BCUT2D eigenvalue weighted by Crippen LogP contribution is -2.37. The summed E-state index contributed by atoms with van der Waals surface area (Å²) >= 11 is 0. The first-order valence-corrected chi connectivity index (χ1v) is 11.2. The lowest BCUT2D eigenvalue weighted by molar-refractivity contribution is -0.138. The van der Waals surface area contributed by atoms with Crippen molar-refractivity contribution in [2.24, 2.45) is 5.41 Å². The van der Waals surface area contributed by atoms with Crippen molar-refractivity contribution in [2.75, 3.05) is 26.4 Å². The molecule has 0 aromatic rings. The minimum atomic E-state index is -1.11. The van der Waals surface area contributed by atoms with Gasteiger partial charge in [-0.1, -0.05) is 71.6 Å². The Labute approximate surface area is 182 Å². The number of carbonyl (C=O) groups is 2. The lowest BCUT2D eigenvalue weighted by atomic mass is 9.93. The predicted octanol–water partition coefficient (Wildman–Crippen LogP) is 3.20. The number of carboxylic acids is 2. The molecule has 0 aliphatic rings. The normalized spacial score (nSPS) is 10.5. The van der Waals surface area contributed by atoms with Gasteiger partial charge in [0.2, 0.25) is 0 Å². The number of aliphatic hydroxyl groups excluding tert-OH is 4. The van der Waals surface area contributed by atoms with Crippen molar-refractivity contribution in [2.45, 2.75) is 97.3 Å². The molecular weight excluding hydrogens is 392 g/mol. The minimum absolute atomic E-state index is 0.337. The fourth-order valence-electron chi connectivity index (χ4n) is 2.24. The smallest absolute Gasteiger partial charge is 0.303 e. The number of unbranched alkanes of at least 4 members (excludes halogenated alkanes) is 9. The molecule has 0 aliphatic carbocycles. The highest BCUT2D eigenvalue weighted by molar-refractivity contribution is 5.66. The second-order valence-electron chi connectivity index (χ2n) is 7.60. The molecule has 8 nitrogen and oxygen atoms in total. The quantitative estimate of drug-likeness (QED) is 0.189. The van der Waals surface area contributed by atoms with E-state index >= 15 is 0 Å². The summed E-state index contributed by atoms with van der Waals surface area (Å²) in [5, 5.41) is 50.6. The molecule has 0 heterocycles. The molecule has 0 atom stereocenters. The third-order valence-electron chi connectivity index (χ3n) is 4.58. The summed E-state index contributed by atoms with van der Waals surface area (Å²) in [7, 11) is 0. The Hall–Kier alpha value is -1.22. The van der Waals surface area contributed by atoms with Gasteiger partial charge < -0.3 is 30.6 Å². The van der Waals surface area contributed by atoms with Gasteiger partial charge in [-0.25, -0.2) is 0 Å². The summed E-state index contributed by atoms with van der Waals surface area (Å²) in [6.07, 6.45) is 13.1. The zero-order valence-electron chi connectivity index (χ0n) is 19.0. The van der Waals surface area contributed by atoms with Crippen LogP contribution in [0.5, 0.6) is 0 Å². The molecule has 0 aromatic carbocycles. The van der Waals surface area contributed by atoms with Crippen LogP contribution in [0.3, 0.4) is 0 Å². The Balaban J connectivity index is -0.000000366. The van der Waals surface area contributed by atoms with Crippen LogP contribution in [-0.4, -0.2) is 69.0 Å². The fraction of sp³-hybridized carbons (Fsp3) is 0.909. The summed E-state index contributed by atoms with van der Waals surface area (Å²) in [6.45, 7) is 2.70. The number of rotatable bonds is 17. The van der Waals surface area contributed by atoms with Gasteiger partial charge in [0.05, 0.1) is 31.8 Å². The van der Waals surface area contributed by atoms with Crippen molar-refractivity contribution >= 4 is 11.9 Å². The van der Waals surface area contributed by atoms with E-state index in [-0.39, 0.29) is 0 Å². The first-order valence-electron chi connectivity index (χ1n) is 11.2. The highest BCUT2D eigenvalue weighted by Crippen LogP contribution is 2.12. The Bertz CT molecular complexity index is 353. The van der Waals surface area contributed by atoms with Crippen LogP contribution >= 0.6 is 0 Å². The molecule has 8 heteroatoms. The highest BCUT2D eigenvalue weighted by atomic mass is 16.4. The predicted molar refractivity (Wildman–Crippen MR) is 117 cm³/mol. The first-order chi connectivity index (χ1) is 14.3. The van der Waals surface area contributed by atoms with Gasteiger partial charge in [-0.05, 0) is 12.8 Å². The van der Waals surface area contributed by atoms with Crippen molar-refractivity contribution < 1.29 is 40.2 Å². The molecule has 0 bridgehead atoms. The van der Waals surface area contributed by atoms with Crippen LogP contribution in [0.1, 0.15) is 97.3 Å². The van der Waals surface area contributed by atoms with Gasteiger partial charge in [-0.2, -0.15) is 0 Å². The van der Waals surface area contributed by atoms with E-state index < -0.39 is 43.8 Å². The third kappa shape index (κ3) is 26.8. The second kappa shape index (κ2) is 25.8. The molecule has 0 rings (SSSR count). The summed E-state index contributed by atoms with van der Waals surface area (Å²) in [4.78, 5) is 20.1. The molecule has 0 radical (unpaired) electrons. The standard InChI is InChI=1S/C9H18O2.C8H16O2.C5H12O4/c1-2-3-4-5-6-7-8-9(10)11;1-2-3-4-5-6-7-8(9)10;6-1-5(2-7,3-8)4-9/h2-8H2,1H3,(H,10,11);2-7H2,1H3,(H,9,10);6-9H,1-4H2. The van der Waals surface area contributed by atoms with Gasteiger partial charge in [0.15, 0.2) is 0 Å². The molecule has 0 amide bonds. The van der Waals surface area contributed by atoms with Crippen LogP contribution in [0, 0.1) is 5.41 Å². The minimum Gasteiger partial charge on any atom is -0.481 e. The van der Waals surface area contributed by atoms with Crippen molar-refractivity contribution in [3.8, 4) is 0 Å². The van der Waals surface area contributed by atoms with Crippen LogP contribution in [0.2, 0.25) is 0 Å². The number of hydrogen-bond donors (Lipinski definition) is 6. The molecule has 0 fully saturated rings. The van der Waals surface area contributed by atoms with Gasteiger partial charge in [0, 0.05) is 12.8 Å². The van der Waals surface area contributed by atoms with Crippen LogP contribution in [0.4, 0.5) is 0 Å². The molecule has 182 valence electrons. The summed E-state index contributed by atoms with van der Waals surface area (Å²) < 4.78 is 0. The van der Waals surface area contributed by atoms with E-state index in [9.17, 15) is 9.59 Å². The molecule has 0 aliphatic heterocycles. The van der Waals surface area contributed by atoms with Gasteiger partial charge >= 0.3 is 11.9 Å². The maximum atomic E-state index is 10.1. The number of carboxylic acid groups (broad SMARTS) is 2. The zero-order valence-corrected chi connectivity index (χ0v) is 19.0. The van der Waals surface area contributed by atoms with Crippen LogP contribution in [0.15, 0.2) is 0 Å². The summed E-state index contributed by atoms with van der Waals surface area (Å²) in [5.74, 6) is -1.34. The molecule has 0 unspecified atom stereocenters. The Morgan fingerprint density at radius 1 is 0.533 bits per heavy atom. The van der Waals surface area contributed by atoms with Crippen LogP contribution < -0.4 is 0 Å². The van der Waals surface area contributed by atoms with Gasteiger partial charge in [0.25, 0.3) is 0 Å². The Morgan fingerprint density at radius 2 is 0.800 bits per heavy atom. The van der Waals surface area contributed by atoms with Crippen LogP contribution in [0.25, 0.3) is 0 Å². The van der Waals surface area contributed by atoms with Crippen molar-refractivity contribution in [1.29, 1.82) is 0 Å².